The molecule has 0 aromatic heterocycles. The molecular weight excluding hydrogens is 837 g/mol. The fraction of sp³-hybridized carbons (Fsp3) is 0.0870. The van der Waals surface area contributed by atoms with Crippen molar-refractivity contribution in [2.24, 2.45) is 0 Å². The van der Waals surface area contributed by atoms with Gasteiger partial charge >= 0.3 is 11.9 Å². The number of rotatable bonds is 13. The predicted octanol–water partition coefficient (Wildman–Crippen LogP) is 7.79. The van der Waals surface area contributed by atoms with Crippen LogP contribution in [0, 0.1) is 0 Å². The number of carboxylic acid groups (broad SMARTS) is 2. The minimum absolute atomic E-state index is 0.0806. The molecule has 2 heterocycles. The zero-order chi connectivity index (χ0) is 43.7. The molecule has 14 nitrogen and oxygen atoms in total. The molecule has 6 N–H and O–H groups in total. The first-order valence-corrected chi connectivity index (χ1v) is 21.3. The molecule has 0 fully saturated rings. The Balaban J connectivity index is 0.905. The van der Waals surface area contributed by atoms with Crippen LogP contribution >= 0.6 is 21.6 Å². The van der Waals surface area contributed by atoms with Gasteiger partial charge in [0, 0.05) is 93.0 Å². The van der Waals surface area contributed by atoms with Crippen LogP contribution in [0.2, 0.25) is 0 Å². The predicted molar refractivity (Wildman–Crippen MR) is 236 cm³/mol. The number of aromatic carboxylic acids is 2. The van der Waals surface area contributed by atoms with Gasteiger partial charge in [-0.15, -0.1) is 0 Å². The van der Waals surface area contributed by atoms with E-state index in [-0.39, 0.29) is 91.5 Å². The second-order valence-electron chi connectivity index (χ2n) is 13.9. The van der Waals surface area contributed by atoms with E-state index in [1.807, 2.05) is 0 Å². The van der Waals surface area contributed by atoms with Crippen LogP contribution in [-0.2, 0) is 0 Å². The molecule has 0 saturated carbocycles. The molecule has 0 spiro atoms. The minimum Gasteiger partial charge on any atom is -0.508 e. The summed E-state index contributed by atoms with van der Waals surface area (Å²) in [5.41, 5.74) is 2.19. The smallest absolute Gasteiger partial charge is 0.336 e. The highest BCUT2D eigenvalue weighted by atomic mass is 33.1. The van der Waals surface area contributed by atoms with Gasteiger partial charge in [0.2, 0.25) is 0 Å². The molecule has 0 atom stereocenters. The first-order valence-electron chi connectivity index (χ1n) is 18.8. The summed E-state index contributed by atoms with van der Waals surface area (Å²) in [6.45, 7) is 0.538. The molecule has 2 aliphatic carbocycles. The highest BCUT2D eigenvalue weighted by molar-refractivity contribution is 8.76. The van der Waals surface area contributed by atoms with E-state index in [1.165, 1.54) is 119 Å². The van der Waals surface area contributed by atoms with E-state index in [9.17, 15) is 49.2 Å². The highest BCUT2D eigenvalue weighted by Gasteiger charge is 2.25. The standard InChI is InChI=1S/C46H32N2O12S2/c49-25-3-9-31-37(19-25)59-38-20-26(50)4-10-32(38)41(31)35-17-23(1-7-29(35)45(55)56)43(53)47-13-15-61-62-16-14-48-44(54)24-2-8-30(46(57)58)36(18-24)42-33-11-5-27(51)21-39(33)60-40-22-28(52)6-12-34(40)42/h1-12,17-22,49,51H,13-16H2,(H,47,53)(H,48,54)(H,55,56)(H,57,58). The number of phenolic OH excluding ortho intramolecular Hbond substituents is 2. The van der Waals surface area contributed by atoms with Crippen LogP contribution in [0.1, 0.15) is 41.4 Å². The number of aromatic hydroxyl groups is 2. The number of nitrogens with one attached hydrogen (secondary N) is 2. The molecule has 16 heteroatoms. The van der Waals surface area contributed by atoms with Crippen molar-refractivity contribution in [2.75, 3.05) is 24.6 Å². The SMILES string of the molecule is O=C(NCCSSCCNC(=O)c1ccc(C(=O)O)c(-c2c3ccc(=O)cc-3oc3cc(O)ccc23)c1)c1ccc(C(=O)O)c(-c2c3ccc(=O)cc-3oc3cc(O)ccc23)c1. The van der Waals surface area contributed by atoms with E-state index >= 15 is 0 Å². The molecule has 2 aliphatic heterocycles. The number of carboxylic acids is 2. The molecule has 4 aromatic rings. The summed E-state index contributed by atoms with van der Waals surface area (Å²) in [5, 5.41) is 47.1. The molecule has 0 radical (unpaired) electrons. The number of hydrogen-bond donors (Lipinski definition) is 6. The van der Waals surface area contributed by atoms with Crippen LogP contribution in [0.5, 0.6) is 11.5 Å². The zero-order valence-corrected chi connectivity index (χ0v) is 33.7. The van der Waals surface area contributed by atoms with Crippen molar-refractivity contribution in [3.8, 4) is 56.4 Å². The van der Waals surface area contributed by atoms with Gasteiger partial charge in [0.15, 0.2) is 10.9 Å². The average Bonchev–Trinajstić information content (AvgIpc) is 3.24. The normalized spacial score (nSPS) is 11.3. The topological polar surface area (TPSA) is 234 Å². The van der Waals surface area contributed by atoms with Gasteiger partial charge in [-0.25, -0.2) is 9.59 Å². The van der Waals surface area contributed by atoms with Crippen molar-refractivity contribution < 1.29 is 48.4 Å². The number of carbonyl (C=O) groups is 4. The molecule has 8 rings (SSSR count). The quantitative estimate of drug-likeness (QED) is 0.0369. The van der Waals surface area contributed by atoms with E-state index in [1.54, 1.807) is 12.1 Å². The summed E-state index contributed by atoms with van der Waals surface area (Å²) in [6, 6.07) is 25.5. The summed E-state index contributed by atoms with van der Waals surface area (Å²) in [5.74, 6) is -2.16. The molecule has 310 valence electrons. The zero-order valence-electron chi connectivity index (χ0n) is 32.1. The van der Waals surface area contributed by atoms with Gasteiger partial charge in [-0.3, -0.25) is 19.2 Å². The van der Waals surface area contributed by atoms with E-state index in [4.69, 9.17) is 8.83 Å². The monoisotopic (exact) mass is 868 g/mol. The largest absolute Gasteiger partial charge is 0.508 e. The maximum absolute atomic E-state index is 13.3. The summed E-state index contributed by atoms with van der Waals surface area (Å²) in [6.07, 6.45) is 0. The van der Waals surface area contributed by atoms with Gasteiger partial charge in [-0.2, -0.15) is 0 Å². The highest BCUT2D eigenvalue weighted by Crippen LogP contribution is 2.44. The van der Waals surface area contributed by atoms with Gasteiger partial charge in [0.25, 0.3) is 11.8 Å². The van der Waals surface area contributed by atoms with Crippen molar-refractivity contribution in [1.29, 1.82) is 0 Å². The maximum Gasteiger partial charge on any atom is 0.336 e. The van der Waals surface area contributed by atoms with Crippen molar-refractivity contribution in [1.82, 2.24) is 10.6 Å². The molecule has 0 unspecified atom stereocenters. The van der Waals surface area contributed by atoms with E-state index in [2.05, 4.69) is 10.6 Å². The van der Waals surface area contributed by atoms with Crippen LogP contribution in [0.15, 0.2) is 128 Å². The maximum atomic E-state index is 13.3. The minimum atomic E-state index is -1.23. The molecule has 0 saturated heterocycles. The van der Waals surface area contributed by atoms with E-state index < -0.39 is 23.8 Å². The average molecular weight is 869 g/mol. The number of fused-ring (bicyclic) bond motifs is 4. The van der Waals surface area contributed by atoms with Crippen molar-refractivity contribution in [3.63, 3.8) is 0 Å². The third-order valence-electron chi connectivity index (χ3n) is 9.94. The Bertz CT molecular complexity index is 2960. The van der Waals surface area contributed by atoms with Crippen molar-refractivity contribution in [3.05, 3.63) is 152 Å². The Morgan fingerprint density at radius 3 is 1.32 bits per heavy atom. The Morgan fingerprint density at radius 2 is 0.919 bits per heavy atom. The third kappa shape index (κ3) is 8.28. The summed E-state index contributed by atoms with van der Waals surface area (Å²) < 4.78 is 11.8. The number of phenols is 2. The molecule has 4 aromatic carbocycles. The van der Waals surface area contributed by atoms with Gasteiger partial charge in [0.05, 0.1) is 11.1 Å². The van der Waals surface area contributed by atoms with E-state index in [0.29, 0.717) is 44.5 Å². The number of hydrogen-bond acceptors (Lipinski definition) is 12. The van der Waals surface area contributed by atoms with Crippen LogP contribution in [-0.4, -0.2) is 68.8 Å². The lowest BCUT2D eigenvalue weighted by Gasteiger charge is -2.17. The molecule has 4 aliphatic rings. The van der Waals surface area contributed by atoms with Crippen LogP contribution in [0.25, 0.3) is 66.8 Å². The van der Waals surface area contributed by atoms with Crippen LogP contribution in [0.4, 0.5) is 0 Å². The van der Waals surface area contributed by atoms with E-state index in [0.717, 1.165) is 0 Å². The van der Waals surface area contributed by atoms with Gasteiger partial charge in [0.1, 0.15) is 34.2 Å². The first-order chi connectivity index (χ1) is 29.9. The summed E-state index contributed by atoms with van der Waals surface area (Å²) in [4.78, 5) is 75.8. The molecular formula is C46H32N2O12S2. The van der Waals surface area contributed by atoms with Crippen LogP contribution < -0.4 is 21.5 Å². The second kappa shape index (κ2) is 17.2. The van der Waals surface area contributed by atoms with Gasteiger partial charge < -0.3 is 39.9 Å². The van der Waals surface area contributed by atoms with Crippen molar-refractivity contribution in [2.45, 2.75) is 0 Å². The fourth-order valence-corrected chi connectivity index (χ4v) is 9.00. The number of amides is 2. The Hall–Kier alpha value is -7.56. The molecule has 62 heavy (non-hydrogen) atoms. The fourth-order valence-electron chi connectivity index (χ4n) is 7.19. The first kappa shape index (κ1) is 41.2. The second-order valence-corrected chi connectivity index (χ2v) is 16.6. The van der Waals surface area contributed by atoms with Crippen LogP contribution in [0.3, 0.4) is 0 Å². The Labute approximate surface area is 357 Å². The lowest BCUT2D eigenvalue weighted by Crippen LogP contribution is -2.26. The number of carbonyl (C=O) groups excluding carboxylic acids is 2. The summed E-state index contributed by atoms with van der Waals surface area (Å²) in [7, 11) is 2.92. The lowest BCUT2D eigenvalue weighted by atomic mass is 9.89. The third-order valence-corrected chi connectivity index (χ3v) is 12.4. The Kier molecular flexibility index (Phi) is 11.4. The molecule has 2 amide bonds. The Morgan fingerprint density at radius 1 is 0.500 bits per heavy atom. The summed E-state index contributed by atoms with van der Waals surface area (Å²) >= 11 is 0. The number of benzene rings is 6. The van der Waals surface area contributed by atoms with Gasteiger partial charge in [-0.1, -0.05) is 21.6 Å². The van der Waals surface area contributed by atoms with Gasteiger partial charge in [-0.05, 0) is 96.1 Å². The lowest BCUT2D eigenvalue weighted by molar-refractivity contribution is 0.0687. The van der Waals surface area contributed by atoms with Crippen molar-refractivity contribution >= 4 is 67.3 Å². The molecule has 0 bridgehead atoms.